The van der Waals surface area contributed by atoms with E-state index in [4.69, 9.17) is 11.6 Å². The summed E-state index contributed by atoms with van der Waals surface area (Å²) in [4.78, 5) is 27.5. The number of H-pyrrole nitrogens is 2. The fourth-order valence-corrected chi connectivity index (χ4v) is 2.80. The second-order valence-electron chi connectivity index (χ2n) is 5.71. The summed E-state index contributed by atoms with van der Waals surface area (Å²) in [6.45, 7) is 4.13. The van der Waals surface area contributed by atoms with Crippen LogP contribution in [0.2, 0.25) is 5.15 Å². The van der Waals surface area contributed by atoms with Crippen LogP contribution in [0.1, 0.15) is 31.7 Å². The zero-order chi connectivity index (χ0) is 15.9. The van der Waals surface area contributed by atoms with Crippen molar-refractivity contribution in [2.45, 2.75) is 26.2 Å². The Hall–Kier alpha value is -2.21. The third-order valence-corrected chi connectivity index (χ3v) is 3.95. The van der Waals surface area contributed by atoms with E-state index < -0.39 is 11.2 Å². The Morgan fingerprint density at radius 1 is 1.36 bits per heavy atom. The largest absolute Gasteiger partial charge is 0.325 e. The molecule has 3 rings (SSSR count). The average molecular weight is 319 g/mol. The van der Waals surface area contributed by atoms with Gasteiger partial charge >= 0.3 is 5.69 Å². The molecular formula is C15H15ClN4O2. The van der Waals surface area contributed by atoms with Crippen LogP contribution in [0.3, 0.4) is 0 Å². The molecular weight excluding hydrogens is 304 g/mol. The lowest BCUT2D eigenvalue weighted by Crippen LogP contribution is -2.23. The lowest BCUT2D eigenvalue weighted by atomic mass is 10.1. The third-order valence-electron chi connectivity index (χ3n) is 3.66. The summed E-state index contributed by atoms with van der Waals surface area (Å²) in [5.74, 6) is 0.756. The highest BCUT2D eigenvalue weighted by Gasteiger charge is 2.38. The molecule has 2 heterocycles. The van der Waals surface area contributed by atoms with Crippen LogP contribution < -0.4 is 11.2 Å². The molecule has 1 saturated carbocycles. The van der Waals surface area contributed by atoms with E-state index in [9.17, 15) is 9.59 Å². The molecule has 1 aliphatic carbocycles. The molecule has 0 aromatic carbocycles. The molecule has 0 bridgehead atoms. The van der Waals surface area contributed by atoms with Gasteiger partial charge in [0.1, 0.15) is 5.69 Å². The molecule has 0 radical (unpaired) electrons. The van der Waals surface area contributed by atoms with Gasteiger partial charge in [0, 0.05) is 6.20 Å². The molecule has 22 heavy (non-hydrogen) atoms. The standard InChI is InChI=1S/C15H15ClN4O2/c1-7(2)3-8-4-9(8)10-5-12(19-20-13(10)16)11-6-17-15(22)18-14(11)21/h3,5-6,8-9H,4H2,1-2H3,(H2,17,18,21,22)/t8-,9-/m0/s1. The van der Waals surface area contributed by atoms with E-state index in [1.54, 1.807) is 6.07 Å². The molecule has 2 N–H and O–H groups in total. The van der Waals surface area contributed by atoms with Crippen LogP contribution in [-0.2, 0) is 0 Å². The Labute approximate surface area is 131 Å². The number of allylic oxidation sites excluding steroid dienone is 2. The second kappa shape index (κ2) is 5.53. The fourth-order valence-electron chi connectivity index (χ4n) is 2.57. The molecule has 0 saturated heterocycles. The highest BCUT2D eigenvalue weighted by Crippen LogP contribution is 2.50. The lowest BCUT2D eigenvalue weighted by molar-refractivity contribution is 0.941. The van der Waals surface area contributed by atoms with Crippen LogP contribution >= 0.6 is 11.6 Å². The molecule has 0 amide bonds. The quantitative estimate of drug-likeness (QED) is 0.849. The van der Waals surface area contributed by atoms with E-state index in [0.29, 0.717) is 22.7 Å². The molecule has 1 aliphatic rings. The number of nitrogens with one attached hydrogen (secondary N) is 2. The number of rotatable bonds is 3. The number of hydrogen-bond donors (Lipinski definition) is 2. The summed E-state index contributed by atoms with van der Waals surface area (Å²) in [5, 5.41) is 8.26. The van der Waals surface area contributed by atoms with Gasteiger partial charge < -0.3 is 4.98 Å². The number of nitrogens with zero attached hydrogens (tertiary/aromatic N) is 2. The first-order valence-electron chi connectivity index (χ1n) is 6.96. The van der Waals surface area contributed by atoms with Crippen molar-refractivity contribution in [3.63, 3.8) is 0 Å². The van der Waals surface area contributed by atoms with E-state index in [1.807, 2.05) is 0 Å². The number of halogens is 1. The maximum absolute atomic E-state index is 11.8. The van der Waals surface area contributed by atoms with Crippen LogP contribution in [0, 0.1) is 5.92 Å². The van der Waals surface area contributed by atoms with E-state index in [0.717, 1.165) is 12.0 Å². The number of aromatic nitrogens is 4. The zero-order valence-electron chi connectivity index (χ0n) is 12.2. The van der Waals surface area contributed by atoms with Gasteiger partial charge in [0.2, 0.25) is 0 Å². The molecule has 2 aromatic heterocycles. The van der Waals surface area contributed by atoms with E-state index in [-0.39, 0.29) is 5.56 Å². The summed E-state index contributed by atoms with van der Waals surface area (Å²) < 4.78 is 0. The Kier molecular flexibility index (Phi) is 3.70. The molecule has 0 spiro atoms. The van der Waals surface area contributed by atoms with E-state index in [2.05, 4.69) is 40.1 Å². The molecule has 1 fully saturated rings. The summed E-state index contributed by atoms with van der Waals surface area (Å²) in [6.07, 6.45) is 4.56. The smallest absolute Gasteiger partial charge is 0.313 e. The Morgan fingerprint density at radius 3 is 2.82 bits per heavy atom. The van der Waals surface area contributed by atoms with Crippen LogP contribution in [-0.4, -0.2) is 20.2 Å². The van der Waals surface area contributed by atoms with Gasteiger partial charge in [-0.3, -0.25) is 9.78 Å². The molecule has 0 aliphatic heterocycles. The van der Waals surface area contributed by atoms with Gasteiger partial charge in [-0.15, -0.1) is 10.2 Å². The molecule has 7 heteroatoms. The van der Waals surface area contributed by atoms with Gasteiger partial charge in [-0.05, 0) is 43.7 Å². The number of hydrogen-bond acceptors (Lipinski definition) is 4. The monoisotopic (exact) mass is 318 g/mol. The zero-order valence-corrected chi connectivity index (χ0v) is 12.9. The third kappa shape index (κ3) is 2.87. The minimum Gasteiger partial charge on any atom is -0.313 e. The van der Waals surface area contributed by atoms with Crippen molar-refractivity contribution in [1.82, 2.24) is 20.2 Å². The Balaban J connectivity index is 1.99. The fraction of sp³-hybridized carbons (Fsp3) is 0.333. The van der Waals surface area contributed by atoms with Crippen LogP contribution in [0.25, 0.3) is 11.3 Å². The van der Waals surface area contributed by atoms with Gasteiger partial charge in [-0.1, -0.05) is 23.3 Å². The lowest BCUT2D eigenvalue weighted by Gasteiger charge is -2.04. The van der Waals surface area contributed by atoms with Crippen molar-refractivity contribution >= 4 is 11.6 Å². The average Bonchev–Trinajstić information content (AvgIpc) is 3.18. The van der Waals surface area contributed by atoms with Gasteiger partial charge in [0.05, 0.1) is 5.56 Å². The summed E-state index contributed by atoms with van der Waals surface area (Å²) >= 11 is 6.15. The molecule has 114 valence electrons. The van der Waals surface area contributed by atoms with Crippen LogP contribution in [0.5, 0.6) is 0 Å². The van der Waals surface area contributed by atoms with Crippen molar-refractivity contribution in [3.05, 3.63) is 55.5 Å². The van der Waals surface area contributed by atoms with Crippen LogP contribution in [0.4, 0.5) is 0 Å². The van der Waals surface area contributed by atoms with Crippen molar-refractivity contribution in [2.24, 2.45) is 5.92 Å². The van der Waals surface area contributed by atoms with Gasteiger partial charge in [-0.2, -0.15) is 0 Å². The first-order valence-corrected chi connectivity index (χ1v) is 7.34. The maximum Gasteiger partial charge on any atom is 0.325 e. The highest BCUT2D eigenvalue weighted by molar-refractivity contribution is 6.30. The van der Waals surface area contributed by atoms with Gasteiger partial charge in [-0.25, -0.2) is 4.79 Å². The van der Waals surface area contributed by atoms with E-state index in [1.165, 1.54) is 11.8 Å². The topological polar surface area (TPSA) is 91.5 Å². The minimum atomic E-state index is -0.554. The SMILES string of the molecule is CC(C)=C[C@H]1C[C@@H]1c1cc(-c2c[nH]c(=O)[nH]c2=O)nnc1Cl. The van der Waals surface area contributed by atoms with Crippen molar-refractivity contribution in [3.8, 4) is 11.3 Å². The van der Waals surface area contributed by atoms with Crippen molar-refractivity contribution in [2.75, 3.05) is 0 Å². The normalized spacial score (nSPS) is 19.8. The molecule has 6 nitrogen and oxygen atoms in total. The predicted octanol–water partition coefficient (Wildman–Crippen LogP) is 2.24. The number of aromatic amines is 2. The van der Waals surface area contributed by atoms with Crippen molar-refractivity contribution in [1.29, 1.82) is 0 Å². The summed E-state index contributed by atoms with van der Waals surface area (Å²) in [5.41, 5.74) is 1.77. The summed E-state index contributed by atoms with van der Waals surface area (Å²) in [6, 6.07) is 1.78. The molecule has 2 atom stereocenters. The second-order valence-corrected chi connectivity index (χ2v) is 6.07. The molecule has 0 unspecified atom stereocenters. The van der Waals surface area contributed by atoms with Crippen molar-refractivity contribution < 1.29 is 0 Å². The summed E-state index contributed by atoms with van der Waals surface area (Å²) in [7, 11) is 0. The predicted molar refractivity (Wildman–Crippen MR) is 84.0 cm³/mol. The van der Waals surface area contributed by atoms with Gasteiger partial charge in [0.15, 0.2) is 5.15 Å². The Morgan fingerprint density at radius 2 is 2.14 bits per heavy atom. The first-order chi connectivity index (χ1) is 10.5. The Bertz CT molecular complexity index is 864. The highest BCUT2D eigenvalue weighted by atomic mass is 35.5. The van der Waals surface area contributed by atoms with E-state index >= 15 is 0 Å². The maximum atomic E-state index is 11.8. The van der Waals surface area contributed by atoms with Crippen LogP contribution in [0.15, 0.2) is 33.5 Å². The van der Waals surface area contributed by atoms with Gasteiger partial charge in [0.25, 0.3) is 5.56 Å². The first kappa shape index (κ1) is 14.7. The minimum absolute atomic E-state index is 0.268. The molecule has 2 aromatic rings.